The number of allylic oxidation sites excluding steroid dienone is 1. The maximum atomic E-state index is 10.7. The zero-order valence-corrected chi connectivity index (χ0v) is 10.1. The normalized spacial score (nSPS) is 21.9. The summed E-state index contributed by atoms with van der Waals surface area (Å²) in [5.41, 5.74) is 3.68. The van der Waals surface area contributed by atoms with Crippen LogP contribution in [0.4, 0.5) is 0 Å². The lowest BCUT2D eigenvalue weighted by Crippen LogP contribution is -2.04. The molecule has 1 atom stereocenters. The molecule has 0 saturated heterocycles. The third kappa shape index (κ3) is 3.19. The number of carboxylic acids is 1. The standard InChI is InChI=1S/C15H18O2/c1-11-5-7-12(8-6-11)9-13-3-2-4-14(13)10-15(16)17/h5-8,10,13H,2-4,9H2,1H3,(H,16,17)/b14-10+. The molecule has 1 aromatic carbocycles. The molecule has 0 radical (unpaired) electrons. The number of benzene rings is 1. The Bertz CT molecular complexity index is 429. The van der Waals surface area contributed by atoms with Gasteiger partial charge in [0, 0.05) is 6.08 Å². The summed E-state index contributed by atoms with van der Waals surface area (Å²) in [7, 11) is 0. The van der Waals surface area contributed by atoms with Crippen LogP contribution in [-0.4, -0.2) is 11.1 Å². The zero-order chi connectivity index (χ0) is 12.3. The summed E-state index contributed by atoms with van der Waals surface area (Å²) in [6.07, 6.45) is 5.57. The van der Waals surface area contributed by atoms with Crippen molar-refractivity contribution >= 4 is 5.97 Å². The van der Waals surface area contributed by atoms with E-state index in [0.717, 1.165) is 31.3 Å². The van der Waals surface area contributed by atoms with E-state index in [1.54, 1.807) is 0 Å². The van der Waals surface area contributed by atoms with Crippen LogP contribution in [-0.2, 0) is 11.2 Å². The molecule has 1 saturated carbocycles. The molecule has 2 heteroatoms. The number of carbonyl (C=O) groups is 1. The van der Waals surface area contributed by atoms with E-state index in [1.165, 1.54) is 17.2 Å². The van der Waals surface area contributed by atoms with Crippen molar-refractivity contribution in [1.29, 1.82) is 0 Å². The minimum atomic E-state index is -0.809. The van der Waals surface area contributed by atoms with Gasteiger partial charge >= 0.3 is 5.97 Å². The van der Waals surface area contributed by atoms with E-state index in [4.69, 9.17) is 5.11 Å². The molecule has 1 N–H and O–H groups in total. The lowest BCUT2D eigenvalue weighted by molar-refractivity contribution is -0.131. The molecule has 1 fully saturated rings. The molecule has 1 unspecified atom stereocenters. The summed E-state index contributed by atoms with van der Waals surface area (Å²) in [6, 6.07) is 8.52. The van der Waals surface area contributed by atoms with E-state index < -0.39 is 5.97 Å². The van der Waals surface area contributed by atoms with E-state index >= 15 is 0 Å². The zero-order valence-electron chi connectivity index (χ0n) is 10.1. The molecule has 0 bridgehead atoms. The molecule has 0 aromatic heterocycles. The minimum absolute atomic E-state index is 0.425. The lowest BCUT2D eigenvalue weighted by Gasteiger charge is -2.11. The quantitative estimate of drug-likeness (QED) is 0.808. The summed E-state index contributed by atoms with van der Waals surface area (Å²) >= 11 is 0. The predicted molar refractivity (Wildman–Crippen MR) is 67.9 cm³/mol. The van der Waals surface area contributed by atoms with Crippen molar-refractivity contribution < 1.29 is 9.90 Å². The summed E-state index contributed by atoms with van der Waals surface area (Å²) in [4.78, 5) is 10.7. The fourth-order valence-electron chi connectivity index (χ4n) is 2.53. The van der Waals surface area contributed by atoms with Gasteiger partial charge in [0.15, 0.2) is 0 Å². The smallest absolute Gasteiger partial charge is 0.328 e. The highest BCUT2D eigenvalue weighted by molar-refractivity contribution is 5.80. The first-order valence-corrected chi connectivity index (χ1v) is 6.14. The van der Waals surface area contributed by atoms with E-state index in [2.05, 4.69) is 31.2 Å². The van der Waals surface area contributed by atoms with Gasteiger partial charge in [0.2, 0.25) is 0 Å². The predicted octanol–water partition coefficient (Wildman–Crippen LogP) is 3.35. The van der Waals surface area contributed by atoms with Gasteiger partial charge in [-0.05, 0) is 44.1 Å². The molecule has 1 aliphatic carbocycles. The molecule has 2 nitrogen and oxygen atoms in total. The SMILES string of the molecule is Cc1ccc(CC2CCC/C2=C\C(=O)O)cc1. The largest absolute Gasteiger partial charge is 0.478 e. The second kappa shape index (κ2) is 5.17. The average molecular weight is 230 g/mol. The topological polar surface area (TPSA) is 37.3 Å². The molecule has 1 aromatic rings. The molecule has 0 amide bonds. The van der Waals surface area contributed by atoms with Crippen LogP contribution in [0.5, 0.6) is 0 Å². The minimum Gasteiger partial charge on any atom is -0.478 e. The van der Waals surface area contributed by atoms with E-state index in [1.807, 2.05) is 0 Å². The Hall–Kier alpha value is -1.57. The second-order valence-corrected chi connectivity index (χ2v) is 4.84. The van der Waals surface area contributed by atoms with Crippen molar-refractivity contribution in [3.8, 4) is 0 Å². The van der Waals surface area contributed by atoms with Gasteiger partial charge in [-0.3, -0.25) is 0 Å². The van der Waals surface area contributed by atoms with Gasteiger partial charge in [-0.2, -0.15) is 0 Å². The van der Waals surface area contributed by atoms with Crippen molar-refractivity contribution in [2.24, 2.45) is 5.92 Å². The van der Waals surface area contributed by atoms with Crippen LogP contribution < -0.4 is 0 Å². The van der Waals surface area contributed by atoms with E-state index in [9.17, 15) is 4.79 Å². The maximum absolute atomic E-state index is 10.7. The summed E-state index contributed by atoms with van der Waals surface area (Å²) in [6.45, 7) is 2.08. The Morgan fingerprint density at radius 2 is 2.12 bits per heavy atom. The molecule has 1 aliphatic rings. The Morgan fingerprint density at radius 1 is 1.41 bits per heavy atom. The molecular weight excluding hydrogens is 212 g/mol. The molecule has 17 heavy (non-hydrogen) atoms. The van der Waals surface area contributed by atoms with E-state index in [-0.39, 0.29) is 0 Å². The maximum Gasteiger partial charge on any atom is 0.328 e. The van der Waals surface area contributed by atoms with Crippen LogP contribution in [0, 0.1) is 12.8 Å². The van der Waals surface area contributed by atoms with Crippen molar-refractivity contribution in [3.05, 3.63) is 47.0 Å². The Kier molecular flexibility index (Phi) is 3.62. The Balaban J connectivity index is 2.07. The van der Waals surface area contributed by atoms with E-state index in [0.29, 0.717) is 5.92 Å². The van der Waals surface area contributed by atoms with Gasteiger partial charge in [-0.25, -0.2) is 4.79 Å². The third-order valence-electron chi connectivity index (χ3n) is 3.45. The number of aliphatic carboxylic acids is 1. The number of carboxylic acid groups (broad SMARTS) is 1. The molecule has 0 heterocycles. The highest BCUT2D eigenvalue weighted by atomic mass is 16.4. The lowest BCUT2D eigenvalue weighted by atomic mass is 9.93. The highest BCUT2D eigenvalue weighted by Crippen LogP contribution is 2.33. The van der Waals surface area contributed by atoms with Crippen LogP contribution in [0.1, 0.15) is 30.4 Å². The number of aryl methyl sites for hydroxylation is 1. The first-order valence-electron chi connectivity index (χ1n) is 6.14. The van der Waals surface area contributed by atoms with Gasteiger partial charge in [0.05, 0.1) is 0 Å². The van der Waals surface area contributed by atoms with Crippen molar-refractivity contribution in [1.82, 2.24) is 0 Å². The van der Waals surface area contributed by atoms with Crippen molar-refractivity contribution in [2.75, 3.05) is 0 Å². The van der Waals surface area contributed by atoms with Crippen LogP contribution in [0.3, 0.4) is 0 Å². The fourth-order valence-corrected chi connectivity index (χ4v) is 2.53. The first kappa shape index (κ1) is 11.9. The molecular formula is C15H18O2. The molecule has 90 valence electrons. The highest BCUT2D eigenvalue weighted by Gasteiger charge is 2.21. The Labute approximate surface area is 102 Å². The number of hydrogen-bond donors (Lipinski definition) is 1. The Morgan fingerprint density at radius 3 is 2.76 bits per heavy atom. The average Bonchev–Trinajstić information content (AvgIpc) is 2.68. The summed E-state index contributed by atoms with van der Waals surface area (Å²) in [5, 5.41) is 8.82. The van der Waals surface area contributed by atoms with Gasteiger partial charge in [-0.15, -0.1) is 0 Å². The summed E-state index contributed by atoms with van der Waals surface area (Å²) in [5.74, 6) is -0.385. The summed E-state index contributed by atoms with van der Waals surface area (Å²) < 4.78 is 0. The molecule has 0 aliphatic heterocycles. The third-order valence-corrected chi connectivity index (χ3v) is 3.45. The van der Waals surface area contributed by atoms with Gasteiger partial charge in [-0.1, -0.05) is 35.4 Å². The molecule has 2 rings (SSSR count). The van der Waals surface area contributed by atoms with Crippen LogP contribution >= 0.6 is 0 Å². The second-order valence-electron chi connectivity index (χ2n) is 4.84. The number of hydrogen-bond acceptors (Lipinski definition) is 1. The first-order chi connectivity index (χ1) is 8.15. The molecule has 0 spiro atoms. The van der Waals surface area contributed by atoms with Crippen LogP contribution in [0.25, 0.3) is 0 Å². The fraction of sp³-hybridized carbons (Fsp3) is 0.400. The van der Waals surface area contributed by atoms with Gasteiger partial charge in [0.25, 0.3) is 0 Å². The van der Waals surface area contributed by atoms with Crippen molar-refractivity contribution in [2.45, 2.75) is 32.6 Å². The van der Waals surface area contributed by atoms with Crippen molar-refractivity contribution in [3.63, 3.8) is 0 Å². The van der Waals surface area contributed by atoms with Gasteiger partial charge in [0.1, 0.15) is 0 Å². The number of rotatable bonds is 3. The monoisotopic (exact) mass is 230 g/mol. The van der Waals surface area contributed by atoms with Gasteiger partial charge < -0.3 is 5.11 Å². The van der Waals surface area contributed by atoms with Crippen LogP contribution in [0.15, 0.2) is 35.9 Å². The van der Waals surface area contributed by atoms with Crippen LogP contribution in [0.2, 0.25) is 0 Å².